The molecular weight excluding hydrogens is 242 g/mol. The van der Waals surface area contributed by atoms with Crippen molar-refractivity contribution in [2.75, 3.05) is 26.4 Å². The van der Waals surface area contributed by atoms with Crippen LogP contribution >= 0.6 is 12.4 Å². The van der Waals surface area contributed by atoms with E-state index in [2.05, 4.69) is 5.32 Å². The number of phenols is 1. The molecule has 0 unspecified atom stereocenters. The Morgan fingerprint density at radius 1 is 1.53 bits per heavy atom. The van der Waals surface area contributed by atoms with Crippen LogP contribution in [0, 0.1) is 0 Å². The largest absolute Gasteiger partial charge is 0.504 e. The predicted molar refractivity (Wildman–Crippen MR) is 68.1 cm³/mol. The van der Waals surface area contributed by atoms with E-state index >= 15 is 0 Å². The molecule has 96 valence electrons. The number of rotatable bonds is 3. The Morgan fingerprint density at radius 3 is 3.00 bits per heavy atom. The Balaban J connectivity index is 0.00000144. The first-order valence-electron chi connectivity index (χ1n) is 5.58. The van der Waals surface area contributed by atoms with Gasteiger partial charge in [-0.2, -0.15) is 0 Å². The molecule has 0 bridgehead atoms. The van der Waals surface area contributed by atoms with Crippen LogP contribution in [0.1, 0.15) is 18.5 Å². The average molecular weight is 260 g/mol. The molecule has 1 aliphatic rings. The SMILES string of the molecule is CCOc1cc([C@@H]2COCCN2)ccc1O.Cl. The van der Waals surface area contributed by atoms with E-state index in [9.17, 15) is 5.11 Å². The molecule has 0 spiro atoms. The smallest absolute Gasteiger partial charge is 0.161 e. The van der Waals surface area contributed by atoms with Crippen LogP contribution in [-0.4, -0.2) is 31.5 Å². The molecule has 0 saturated carbocycles. The third-order valence-electron chi connectivity index (χ3n) is 2.61. The Hall–Kier alpha value is -0.970. The van der Waals surface area contributed by atoms with Gasteiger partial charge in [-0.15, -0.1) is 12.4 Å². The summed E-state index contributed by atoms with van der Waals surface area (Å²) in [5.74, 6) is 0.717. The molecule has 0 amide bonds. The van der Waals surface area contributed by atoms with Gasteiger partial charge in [0.15, 0.2) is 11.5 Å². The van der Waals surface area contributed by atoms with E-state index in [0.29, 0.717) is 19.0 Å². The van der Waals surface area contributed by atoms with Gasteiger partial charge in [0, 0.05) is 6.54 Å². The van der Waals surface area contributed by atoms with Crippen LogP contribution in [0.15, 0.2) is 18.2 Å². The van der Waals surface area contributed by atoms with Crippen molar-refractivity contribution in [3.63, 3.8) is 0 Å². The monoisotopic (exact) mass is 259 g/mol. The molecule has 1 aliphatic heterocycles. The van der Waals surface area contributed by atoms with Crippen molar-refractivity contribution >= 4 is 12.4 Å². The molecule has 1 atom stereocenters. The van der Waals surface area contributed by atoms with Gasteiger partial charge in [-0.05, 0) is 24.6 Å². The summed E-state index contributed by atoms with van der Waals surface area (Å²) >= 11 is 0. The van der Waals surface area contributed by atoms with Gasteiger partial charge in [-0.3, -0.25) is 0 Å². The summed E-state index contributed by atoms with van der Waals surface area (Å²) in [6, 6.07) is 5.61. The third kappa shape index (κ3) is 3.49. The molecule has 2 rings (SSSR count). The molecule has 1 aromatic carbocycles. The van der Waals surface area contributed by atoms with Gasteiger partial charge in [0.05, 0.1) is 25.9 Å². The van der Waals surface area contributed by atoms with Crippen LogP contribution in [0.5, 0.6) is 11.5 Å². The fourth-order valence-electron chi connectivity index (χ4n) is 1.80. The van der Waals surface area contributed by atoms with Crippen molar-refractivity contribution in [1.82, 2.24) is 5.32 Å². The number of ether oxygens (including phenoxy) is 2. The highest BCUT2D eigenvalue weighted by Gasteiger charge is 2.16. The van der Waals surface area contributed by atoms with Crippen molar-refractivity contribution < 1.29 is 14.6 Å². The molecule has 1 aromatic rings. The van der Waals surface area contributed by atoms with Crippen LogP contribution in [0.25, 0.3) is 0 Å². The van der Waals surface area contributed by atoms with Gasteiger partial charge in [-0.25, -0.2) is 0 Å². The molecule has 0 radical (unpaired) electrons. The maximum absolute atomic E-state index is 9.59. The standard InChI is InChI=1S/C12H17NO3.ClH/c1-2-16-12-7-9(3-4-11(12)14)10-8-15-6-5-13-10;/h3-4,7,10,13-14H,2,5-6,8H2,1H3;1H/t10-;/m0./s1. The lowest BCUT2D eigenvalue weighted by atomic mass is 10.1. The quantitative estimate of drug-likeness (QED) is 0.870. The summed E-state index contributed by atoms with van der Waals surface area (Å²) in [5, 5.41) is 12.9. The molecule has 2 N–H and O–H groups in total. The number of phenolic OH excluding ortho intramolecular Hbond substituents is 1. The molecular formula is C12H18ClNO3. The number of aromatic hydroxyl groups is 1. The van der Waals surface area contributed by atoms with Gasteiger partial charge in [0.25, 0.3) is 0 Å². The maximum Gasteiger partial charge on any atom is 0.161 e. The lowest BCUT2D eigenvalue weighted by molar-refractivity contribution is 0.0768. The topological polar surface area (TPSA) is 50.7 Å². The van der Waals surface area contributed by atoms with E-state index in [-0.39, 0.29) is 24.2 Å². The Morgan fingerprint density at radius 2 is 2.35 bits per heavy atom. The van der Waals surface area contributed by atoms with Crippen molar-refractivity contribution in [3.8, 4) is 11.5 Å². The van der Waals surface area contributed by atoms with Gasteiger partial charge < -0.3 is 19.9 Å². The maximum atomic E-state index is 9.59. The van der Waals surface area contributed by atoms with Crippen LogP contribution in [0.3, 0.4) is 0 Å². The Labute approximate surface area is 107 Å². The molecule has 17 heavy (non-hydrogen) atoms. The normalized spacial score (nSPS) is 19.5. The molecule has 1 saturated heterocycles. The highest BCUT2D eigenvalue weighted by molar-refractivity contribution is 5.85. The number of benzene rings is 1. The fourth-order valence-corrected chi connectivity index (χ4v) is 1.80. The molecule has 0 aromatic heterocycles. The van der Waals surface area contributed by atoms with Crippen LogP contribution in [0.2, 0.25) is 0 Å². The number of nitrogens with one attached hydrogen (secondary N) is 1. The van der Waals surface area contributed by atoms with E-state index in [1.807, 2.05) is 19.1 Å². The summed E-state index contributed by atoms with van der Waals surface area (Å²) in [7, 11) is 0. The van der Waals surface area contributed by atoms with Crippen molar-refractivity contribution in [1.29, 1.82) is 0 Å². The second-order valence-corrected chi connectivity index (χ2v) is 3.74. The van der Waals surface area contributed by atoms with Crippen molar-refractivity contribution in [3.05, 3.63) is 23.8 Å². The highest BCUT2D eigenvalue weighted by atomic mass is 35.5. The van der Waals surface area contributed by atoms with E-state index in [1.165, 1.54) is 0 Å². The molecule has 5 heteroatoms. The molecule has 1 heterocycles. The van der Waals surface area contributed by atoms with Gasteiger partial charge in [-0.1, -0.05) is 6.07 Å². The summed E-state index contributed by atoms with van der Waals surface area (Å²) in [4.78, 5) is 0. The Bertz CT molecular complexity index is 354. The first kappa shape index (κ1) is 14.1. The minimum Gasteiger partial charge on any atom is -0.504 e. The molecule has 0 aliphatic carbocycles. The predicted octanol–water partition coefficient (Wildman–Crippen LogP) is 1.87. The minimum atomic E-state index is 0. The fraction of sp³-hybridized carbons (Fsp3) is 0.500. The number of halogens is 1. The van der Waals surface area contributed by atoms with E-state index in [4.69, 9.17) is 9.47 Å². The summed E-state index contributed by atoms with van der Waals surface area (Å²) in [6.07, 6.45) is 0. The number of hydrogen-bond acceptors (Lipinski definition) is 4. The first-order valence-corrected chi connectivity index (χ1v) is 5.58. The van der Waals surface area contributed by atoms with E-state index < -0.39 is 0 Å². The summed E-state index contributed by atoms with van der Waals surface area (Å²) in [6.45, 7) is 4.72. The van der Waals surface area contributed by atoms with Crippen LogP contribution in [-0.2, 0) is 4.74 Å². The molecule has 4 nitrogen and oxygen atoms in total. The Kier molecular flexibility index (Phi) is 5.55. The van der Waals surface area contributed by atoms with Crippen molar-refractivity contribution in [2.24, 2.45) is 0 Å². The second-order valence-electron chi connectivity index (χ2n) is 3.74. The van der Waals surface area contributed by atoms with Crippen molar-refractivity contribution in [2.45, 2.75) is 13.0 Å². The zero-order chi connectivity index (χ0) is 11.4. The minimum absolute atomic E-state index is 0. The summed E-state index contributed by atoms with van der Waals surface area (Å²) < 4.78 is 10.8. The second kappa shape index (κ2) is 6.69. The highest BCUT2D eigenvalue weighted by Crippen LogP contribution is 2.29. The van der Waals surface area contributed by atoms with E-state index in [0.717, 1.165) is 18.7 Å². The van der Waals surface area contributed by atoms with Gasteiger partial charge in [0.1, 0.15) is 0 Å². The molecule has 1 fully saturated rings. The lowest BCUT2D eigenvalue weighted by Crippen LogP contribution is -2.34. The third-order valence-corrected chi connectivity index (χ3v) is 2.61. The number of morpholine rings is 1. The zero-order valence-electron chi connectivity index (χ0n) is 9.81. The zero-order valence-corrected chi connectivity index (χ0v) is 10.6. The lowest BCUT2D eigenvalue weighted by Gasteiger charge is -2.24. The first-order chi connectivity index (χ1) is 7.81. The summed E-state index contributed by atoms with van der Waals surface area (Å²) in [5.41, 5.74) is 1.08. The van der Waals surface area contributed by atoms with Gasteiger partial charge in [0.2, 0.25) is 0 Å². The van der Waals surface area contributed by atoms with Gasteiger partial charge >= 0.3 is 0 Å². The van der Waals surface area contributed by atoms with Crippen LogP contribution < -0.4 is 10.1 Å². The van der Waals surface area contributed by atoms with Crippen LogP contribution in [0.4, 0.5) is 0 Å². The average Bonchev–Trinajstić information content (AvgIpc) is 2.33. The number of hydrogen-bond donors (Lipinski definition) is 2. The van der Waals surface area contributed by atoms with E-state index in [1.54, 1.807) is 6.07 Å².